The van der Waals surface area contributed by atoms with Crippen LogP contribution in [-0.2, 0) is 6.54 Å². The zero-order valence-electron chi connectivity index (χ0n) is 14.2. The molecule has 1 atom stereocenters. The molecule has 0 spiro atoms. The fraction of sp³-hybridized carbons (Fsp3) is 0.158. The molecule has 130 valence electrons. The molecule has 3 heterocycles. The van der Waals surface area contributed by atoms with Crippen molar-refractivity contribution in [3.8, 4) is 11.4 Å². The number of hydrogen-bond acceptors (Lipinski definition) is 5. The van der Waals surface area contributed by atoms with Gasteiger partial charge in [-0.1, -0.05) is 30.3 Å². The Balaban J connectivity index is 1.71. The van der Waals surface area contributed by atoms with Crippen LogP contribution in [0.15, 0.2) is 73.7 Å². The lowest BCUT2D eigenvalue weighted by Crippen LogP contribution is -2.14. The zero-order chi connectivity index (χ0) is 17.8. The molecule has 7 nitrogen and oxygen atoms in total. The molecule has 0 radical (unpaired) electrons. The summed E-state index contributed by atoms with van der Waals surface area (Å²) in [7, 11) is 0. The standard InChI is InChI=1S/C19H19N7/c20-18-12-16(6-8-22-18)19-23-9-11-26(19)17(15-4-2-1-3-5-15)7-10-25-14-21-13-24-25/h1-6,8-9,11-14,17H,7,10H2,(H2,20,22). The summed E-state index contributed by atoms with van der Waals surface area (Å²) in [5.41, 5.74) is 8.02. The van der Waals surface area contributed by atoms with Crippen LogP contribution in [0, 0.1) is 0 Å². The average molecular weight is 345 g/mol. The maximum atomic E-state index is 5.86. The van der Waals surface area contributed by atoms with Crippen molar-refractivity contribution in [2.24, 2.45) is 0 Å². The van der Waals surface area contributed by atoms with E-state index in [2.05, 4.69) is 48.9 Å². The quantitative estimate of drug-likeness (QED) is 0.580. The van der Waals surface area contributed by atoms with Gasteiger partial charge in [-0.25, -0.2) is 15.0 Å². The lowest BCUT2D eigenvalue weighted by molar-refractivity contribution is 0.471. The Morgan fingerprint density at radius 2 is 1.92 bits per heavy atom. The van der Waals surface area contributed by atoms with Crippen molar-refractivity contribution in [1.29, 1.82) is 0 Å². The molecule has 1 aromatic carbocycles. The van der Waals surface area contributed by atoms with E-state index in [1.807, 2.05) is 35.3 Å². The molecule has 0 bridgehead atoms. The number of aryl methyl sites for hydroxylation is 1. The number of pyridine rings is 1. The fourth-order valence-corrected chi connectivity index (χ4v) is 3.12. The number of nitrogen functional groups attached to an aromatic ring is 1. The van der Waals surface area contributed by atoms with E-state index >= 15 is 0 Å². The van der Waals surface area contributed by atoms with Gasteiger partial charge in [0.15, 0.2) is 0 Å². The highest BCUT2D eigenvalue weighted by Gasteiger charge is 2.18. The van der Waals surface area contributed by atoms with Crippen molar-refractivity contribution in [2.45, 2.75) is 19.0 Å². The number of aromatic nitrogens is 6. The first kappa shape index (κ1) is 16.0. The van der Waals surface area contributed by atoms with Gasteiger partial charge < -0.3 is 10.3 Å². The largest absolute Gasteiger partial charge is 0.384 e. The van der Waals surface area contributed by atoms with Crippen molar-refractivity contribution in [1.82, 2.24) is 29.3 Å². The van der Waals surface area contributed by atoms with Crippen LogP contribution >= 0.6 is 0 Å². The van der Waals surface area contributed by atoms with E-state index in [4.69, 9.17) is 5.73 Å². The first-order chi connectivity index (χ1) is 12.8. The topological polar surface area (TPSA) is 87.4 Å². The van der Waals surface area contributed by atoms with Gasteiger partial charge in [0.25, 0.3) is 0 Å². The third-order valence-corrected chi connectivity index (χ3v) is 4.33. The Kier molecular flexibility index (Phi) is 4.42. The SMILES string of the molecule is Nc1cc(-c2nccn2C(CCn2cncn2)c2ccccc2)ccn1. The Morgan fingerprint density at radius 3 is 2.69 bits per heavy atom. The summed E-state index contributed by atoms with van der Waals surface area (Å²) < 4.78 is 4.03. The summed E-state index contributed by atoms with van der Waals surface area (Å²) >= 11 is 0. The van der Waals surface area contributed by atoms with Crippen LogP contribution in [0.3, 0.4) is 0 Å². The molecule has 26 heavy (non-hydrogen) atoms. The number of imidazole rings is 1. The number of benzene rings is 1. The maximum absolute atomic E-state index is 5.86. The Hall–Kier alpha value is -3.48. The van der Waals surface area contributed by atoms with E-state index in [1.165, 1.54) is 5.56 Å². The van der Waals surface area contributed by atoms with Crippen LogP contribution in [0.2, 0.25) is 0 Å². The van der Waals surface area contributed by atoms with Gasteiger partial charge in [0.1, 0.15) is 24.3 Å². The first-order valence-corrected chi connectivity index (χ1v) is 8.43. The highest BCUT2D eigenvalue weighted by Crippen LogP contribution is 2.28. The number of hydrogen-bond donors (Lipinski definition) is 1. The van der Waals surface area contributed by atoms with Crippen LogP contribution in [0.1, 0.15) is 18.0 Å². The molecule has 4 rings (SSSR count). The summed E-state index contributed by atoms with van der Waals surface area (Å²) in [6.07, 6.45) is 9.68. The van der Waals surface area contributed by atoms with Crippen LogP contribution in [0.4, 0.5) is 5.82 Å². The van der Waals surface area contributed by atoms with Crippen LogP contribution in [0.25, 0.3) is 11.4 Å². The highest BCUT2D eigenvalue weighted by atomic mass is 15.3. The number of nitrogens with zero attached hydrogens (tertiary/aromatic N) is 6. The van der Waals surface area contributed by atoms with Crippen LogP contribution in [0.5, 0.6) is 0 Å². The Morgan fingerprint density at radius 1 is 1.04 bits per heavy atom. The molecular formula is C19H19N7. The van der Waals surface area contributed by atoms with Gasteiger partial charge in [-0.15, -0.1) is 0 Å². The van der Waals surface area contributed by atoms with Crippen molar-refractivity contribution < 1.29 is 0 Å². The van der Waals surface area contributed by atoms with Crippen molar-refractivity contribution >= 4 is 5.82 Å². The third-order valence-electron chi connectivity index (χ3n) is 4.33. The molecule has 0 aliphatic rings. The van der Waals surface area contributed by atoms with Crippen LogP contribution < -0.4 is 5.73 Å². The molecule has 0 aliphatic carbocycles. The monoisotopic (exact) mass is 345 g/mol. The van der Waals surface area contributed by atoms with E-state index in [0.29, 0.717) is 5.82 Å². The second-order valence-electron chi connectivity index (χ2n) is 6.00. The van der Waals surface area contributed by atoms with E-state index in [0.717, 1.165) is 24.4 Å². The lowest BCUT2D eigenvalue weighted by atomic mass is 10.0. The summed E-state index contributed by atoms with van der Waals surface area (Å²) in [5.74, 6) is 1.35. The van der Waals surface area contributed by atoms with Gasteiger partial charge in [-0.05, 0) is 24.1 Å². The molecule has 0 saturated heterocycles. The van der Waals surface area contributed by atoms with Gasteiger partial charge >= 0.3 is 0 Å². The summed E-state index contributed by atoms with van der Waals surface area (Å²) in [6.45, 7) is 0.760. The predicted octanol–water partition coefficient (Wildman–Crippen LogP) is 2.80. The normalized spacial score (nSPS) is 12.2. The molecule has 0 fully saturated rings. The van der Waals surface area contributed by atoms with Gasteiger partial charge in [0, 0.05) is 30.7 Å². The molecule has 0 amide bonds. The number of rotatable bonds is 6. The van der Waals surface area contributed by atoms with E-state index in [-0.39, 0.29) is 6.04 Å². The van der Waals surface area contributed by atoms with Crippen molar-refractivity contribution in [3.05, 3.63) is 79.3 Å². The van der Waals surface area contributed by atoms with E-state index in [1.54, 1.807) is 18.9 Å². The molecule has 4 aromatic rings. The fourth-order valence-electron chi connectivity index (χ4n) is 3.12. The first-order valence-electron chi connectivity index (χ1n) is 8.43. The minimum atomic E-state index is 0.118. The zero-order valence-corrected chi connectivity index (χ0v) is 14.2. The van der Waals surface area contributed by atoms with Gasteiger partial charge in [0.05, 0.1) is 6.04 Å². The Bertz CT molecular complexity index is 960. The lowest BCUT2D eigenvalue weighted by Gasteiger charge is -2.21. The molecule has 0 saturated carbocycles. The molecule has 3 aromatic heterocycles. The molecular weight excluding hydrogens is 326 g/mol. The second-order valence-corrected chi connectivity index (χ2v) is 6.00. The predicted molar refractivity (Wildman–Crippen MR) is 99.1 cm³/mol. The van der Waals surface area contributed by atoms with Gasteiger partial charge in [-0.2, -0.15) is 5.10 Å². The maximum Gasteiger partial charge on any atom is 0.140 e. The molecule has 7 heteroatoms. The highest BCUT2D eigenvalue weighted by molar-refractivity contribution is 5.59. The summed E-state index contributed by atoms with van der Waals surface area (Å²) in [5, 5.41) is 4.21. The van der Waals surface area contributed by atoms with Crippen molar-refractivity contribution in [3.63, 3.8) is 0 Å². The third kappa shape index (κ3) is 3.32. The van der Waals surface area contributed by atoms with Crippen molar-refractivity contribution in [2.75, 3.05) is 5.73 Å². The average Bonchev–Trinajstić information content (AvgIpc) is 3.35. The minimum Gasteiger partial charge on any atom is -0.384 e. The molecule has 2 N–H and O–H groups in total. The molecule has 0 aliphatic heterocycles. The number of nitrogens with two attached hydrogens (primary N) is 1. The van der Waals surface area contributed by atoms with Crippen LogP contribution in [-0.4, -0.2) is 29.3 Å². The Labute approximate surface area is 151 Å². The van der Waals surface area contributed by atoms with E-state index in [9.17, 15) is 0 Å². The number of anilines is 1. The summed E-state index contributed by atoms with van der Waals surface area (Å²) in [6, 6.07) is 14.3. The van der Waals surface area contributed by atoms with Gasteiger partial charge in [0.2, 0.25) is 0 Å². The molecule has 1 unspecified atom stereocenters. The van der Waals surface area contributed by atoms with Gasteiger partial charge in [-0.3, -0.25) is 4.68 Å². The second kappa shape index (κ2) is 7.18. The summed E-state index contributed by atoms with van der Waals surface area (Å²) in [4.78, 5) is 12.7. The minimum absolute atomic E-state index is 0.118. The van der Waals surface area contributed by atoms with E-state index < -0.39 is 0 Å². The smallest absolute Gasteiger partial charge is 0.140 e.